The number of carbonyl (C=O) groups is 1. The highest BCUT2D eigenvalue weighted by Crippen LogP contribution is 2.38. The maximum absolute atomic E-state index is 12.1. The number of alkyl halides is 2. The smallest absolute Gasteiger partial charge is 0.387 e. The predicted octanol–water partition coefficient (Wildman–Crippen LogP) is 2.91. The van der Waals surface area contributed by atoms with E-state index in [9.17, 15) is 13.6 Å². The third-order valence-corrected chi connectivity index (χ3v) is 2.33. The topological polar surface area (TPSA) is 35.5 Å². The van der Waals surface area contributed by atoms with Crippen LogP contribution in [0.5, 0.6) is 11.5 Å². The van der Waals surface area contributed by atoms with Crippen molar-refractivity contribution in [2.24, 2.45) is 0 Å². The summed E-state index contributed by atoms with van der Waals surface area (Å²) in [5.74, 6) is -0.352. The van der Waals surface area contributed by atoms with Crippen molar-refractivity contribution in [3.05, 3.63) is 22.7 Å². The summed E-state index contributed by atoms with van der Waals surface area (Å²) in [6.07, 6.45) is 0.210. The third-order valence-electron chi connectivity index (χ3n) is 2.11. The number of hydrogen-bond acceptors (Lipinski definition) is 3. The van der Waals surface area contributed by atoms with Crippen LogP contribution in [0, 0.1) is 0 Å². The molecule has 86 valence electrons. The number of halogens is 3. The van der Waals surface area contributed by atoms with Gasteiger partial charge in [-0.3, -0.25) is 4.79 Å². The minimum Gasteiger partial charge on any atom is -0.488 e. The quantitative estimate of drug-likeness (QED) is 0.807. The summed E-state index contributed by atoms with van der Waals surface area (Å²) in [6, 6.07) is 2.59. The lowest BCUT2D eigenvalue weighted by molar-refractivity contribution is -0.0516. The van der Waals surface area contributed by atoms with E-state index in [-0.39, 0.29) is 40.9 Å². The Morgan fingerprint density at radius 3 is 2.88 bits per heavy atom. The van der Waals surface area contributed by atoms with Crippen LogP contribution in [0.15, 0.2) is 12.1 Å². The Kier molecular flexibility index (Phi) is 2.96. The maximum Gasteiger partial charge on any atom is 0.387 e. The Morgan fingerprint density at radius 1 is 1.44 bits per heavy atom. The number of benzene rings is 1. The van der Waals surface area contributed by atoms with Gasteiger partial charge in [-0.25, -0.2) is 0 Å². The van der Waals surface area contributed by atoms with Gasteiger partial charge < -0.3 is 9.47 Å². The molecule has 0 saturated carbocycles. The molecule has 6 heteroatoms. The summed E-state index contributed by atoms with van der Waals surface area (Å²) in [5.41, 5.74) is 0.189. The number of fused-ring (bicyclic) bond motifs is 1. The molecule has 0 saturated heterocycles. The molecule has 1 aromatic carbocycles. The number of hydrogen-bond donors (Lipinski definition) is 0. The number of ketones is 1. The van der Waals surface area contributed by atoms with Crippen LogP contribution in [-0.4, -0.2) is 19.0 Å². The molecule has 1 aromatic rings. The van der Waals surface area contributed by atoms with Gasteiger partial charge in [0.2, 0.25) is 0 Å². The molecule has 0 bridgehead atoms. The van der Waals surface area contributed by atoms with Gasteiger partial charge in [0.05, 0.1) is 12.2 Å². The van der Waals surface area contributed by atoms with Gasteiger partial charge in [0, 0.05) is 17.5 Å². The largest absolute Gasteiger partial charge is 0.488 e. The highest BCUT2D eigenvalue weighted by atomic mass is 35.5. The second kappa shape index (κ2) is 4.25. The van der Waals surface area contributed by atoms with E-state index in [1.54, 1.807) is 0 Å². The van der Waals surface area contributed by atoms with E-state index in [1.165, 1.54) is 12.1 Å². The van der Waals surface area contributed by atoms with E-state index in [1.807, 2.05) is 0 Å². The Labute approximate surface area is 94.9 Å². The normalized spacial score (nSPS) is 14.6. The van der Waals surface area contributed by atoms with Crippen molar-refractivity contribution in [1.29, 1.82) is 0 Å². The van der Waals surface area contributed by atoms with Crippen LogP contribution in [0.1, 0.15) is 16.8 Å². The standard InChI is InChI=1S/C10H7ClF2O3/c11-5-3-6-7(14)1-2-15-9(6)8(4-5)16-10(12)13/h3-4,10H,1-2H2. The fourth-order valence-electron chi connectivity index (χ4n) is 1.49. The second-order valence-corrected chi connectivity index (χ2v) is 3.62. The van der Waals surface area contributed by atoms with Crippen molar-refractivity contribution < 1.29 is 23.0 Å². The summed E-state index contributed by atoms with van der Waals surface area (Å²) in [6.45, 7) is -2.82. The van der Waals surface area contributed by atoms with Gasteiger partial charge in [-0.1, -0.05) is 11.6 Å². The van der Waals surface area contributed by atoms with Crippen LogP contribution in [0.25, 0.3) is 0 Å². The van der Waals surface area contributed by atoms with E-state index < -0.39 is 6.61 Å². The maximum atomic E-state index is 12.1. The van der Waals surface area contributed by atoms with Gasteiger partial charge >= 0.3 is 6.61 Å². The highest BCUT2D eigenvalue weighted by molar-refractivity contribution is 6.31. The molecular weight excluding hydrogens is 242 g/mol. The first kappa shape index (κ1) is 11.1. The predicted molar refractivity (Wildman–Crippen MR) is 52.5 cm³/mol. The van der Waals surface area contributed by atoms with Crippen molar-refractivity contribution in [2.45, 2.75) is 13.0 Å². The zero-order valence-corrected chi connectivity index (χ0v) is 8.76. The lowest BCUT2D eigenvalue weighted by Crippen LogP contribution is -2.17. The highest BCUT2D eigenvalue weighted by Gasteiger charge is 2.24. The average Bonchev–Trinajstić information content (AvgIpc) is 2.18. The Bertz CT molecular complexity index is 434. The first-order chi connectivity index (χ1) is 7.58. The summed E-state index contributed by atoms with van der Waals surface area (Å²) in [4.78, 5) is 11.5. The van der Waals surface area contributed by atoms with Crippen LogP contribution in [-0.2, 0) is 0 Å². The van der Waals surface area contributed by atoms with Crippen LogP contribution in [0.3, 0.4) is 0 Å². The number of Topliss-reactive ketones (excluding diaryl/α,β-unsaturated/α-hetero) is 1. The zero-order valence-electron chi connectivity index (χ0n) is 8.00. The van der Waals surface area contributed by atoms with Crippen molar-refractivity contribution >= 4 is 17.4 Å². The van der Waals surface area contributed by atoms with Crippen molar-refractivity contribution in [3.8, 4) is 11.5 Å². The Balaban J connectivity index is 2.48. The molecule has 16 heavy (non-hydrogen) atoms. The van der Waals surface area contributed by atoms with E-state index >= 15 is 0 Å². The summed E-state index contributed by atoms with van der Waals surface area (Å²) in [5, 5.41) is 0.160. The zero-order chi connectivity index (χ0) is 11.7. The molecule has 0 N–H and O–H groups in total. The van der Waals surface area contributed by atoms with Crippen LogP contribution < -0.4 is 9.47 Å². The van der Waals surface area contributed by atoms with Gasteiger partial charge in [-0.15, -0.1) is 0 Å². The summed E-state index contributed by atoms with van der Waals surface area (Å²) < 4.78 is 33.6. The van der Waals surface area contributed by atoms with Crippen LogP contribution in [0.4, 0.5) is 8.78 Å². The first-order valence-electron chi connectivity index (χ1n) is 4.52. The van der Waals surface area contributed by atoms with E-state index in [0.717, 1.165) is 0 Å². The number of rotatable bonds is 2. The van der Waals surface area contributed by atoms with Crippen molar-refractivity contribution in [1.82, 2.24) is 0 Å². The van der Waals surface area contributed by atoms with E-state index in [0.29, 0.717) is 0 Å². The molecule has 2 rings (SSSR count). The van der Waals surface area contributed by atoms with Crippen molar-refractivity contribution in [3.63, 3.8) is 0 Å². The Morgan fingerprint density at radius 2 is 2.19 bits per heavy atom. The lowest BCUT2D eigenvalue weighted by atomic mass is 10.0. The van der Waals surface area contributed by atoms with Crippen molar-refractivity contribution in [2.75, 3.05) is 6.61 Å². The van der Waals surface area contributed by atoms with Crippen LogP contribution >= 0.6 is 11.6 Å². The first-order valence-corrected chi connectivity index (χ1v) is 4.90. The third kappa shape index (κ3) is 2.09. The van der Waals surface area contributed by atoms with Gasteiger partial charge in [0.25, 0.3) is 0 Å². The molecule has 0 aliphatic carbocycles. The molecule has 1 heterocycles. The molecular formula is C10H7ClF2O3. The fraction of sp³-hybridized carbons (Fsp3) is 0.300. The number of carbonyl (C=O) groups excluding carboxylic acids is 1. The summed E-state index contributed by atoms with van der Waals surface area (Å²) in [7, 11) is 0. The molecule has 0 spiro atoms. The van der Waals surface area contributed by atoms with Crippen LogP contribution in [0.2, 0.25) is 5.02 Å². The van der Waals surface area contributed by atoms with Gasteiger partial charge in [-0.2, -0.15) is 8.78 Å². The molecule has 0 unspecified atom stereocenters. The van der Waals surface area contributed by atoms with E-state index in [4.69, 9.17) is 16.3 Å². The van der Waals surface area contributed by atoms with E-state index in [2.05, 4.69) is 4.74 Å². The molecule has 0 radical (unpaired) electrons. The molecule has 0 atom stereocenters. The average molecular weight is 249 g/mol. The molecule has 0 amide bonds. The van der Waals surface area contributed by atoms with Gasteiger partial charge in [0.15, 0.2) is 17.3 Å². The fourth-order valence-corrected chi connectivity index (χ4v) is 1.70. The SMILES string of the molecule is O=C1CCOc2c(OC(F)F)cc(Cl)cc21. The minimum atomic E-state index is -2.98. The molecule has 1 aliphatic heterocycles. The molecule has 0 fully saturated rings. The monoisotopic (exact) mass is 248 g/mol. The minimum absolute atomic E-state index is 0.0425. The van der Waals surface area contributed by atoms with Gasteiger partial charge in [0.1, 0.15) is 0 Å². The molecule has 3 nitrogen and oxygen atoms in total. The van der Waals surface area contributed by atoms with Gasteiger partial charge in [-0.05, 0) is 6.07 Å². The second-order valence-electron chi connectivity index (χ2n) is 3.18. The lowest BCUT2D eigenvalue weighted by Gasteiger charge is -2.19. The summed E-state index contributed by atoms with van der Waals surface area (Å²) >= 11 is 5.70. The Hall–Kier alpha value is -1.36. The molecule has 0 aromatic heterocycles. The number of ether oxygens (including phenoxy) is 2. The molecule has 1 aliphatic rings.